The van der Waals surface area contributed by atoms with Gasteiger partial charge in [0.15, 0.2) is 0 Å². The SMILES string of the molecule is CSc1cccc(NC(=O)Cc2c(F)cccc2Cl)c1. The van der Waals surface area contributed by atoms with E-state index in [0.717, 1.165) is 4.90 Å². The largest absolute Gasteiger partial charge is 0.326 e. The second kappa shape index (κ2) is 6.77. The second-order valence-corrected chi connectivity index (χ2v) is 5.44. The molecule has 1 amide bonds. The van der Waals surface area contributed by atoms with Crippen LogP contribution in [0.15, 0.2) is 47.4 Å². The summed E-state index contributed by atoms with van der Waals surface area (Å²) in [5.74, 6) is -0.763. The molecule has 0 aromatic heterocycles. The van der Waals surface area contributed by atoms with E-state index in [4.69, 9.17) is 11.6 Å². The van der Waals surface area contributed by atoms with Crippen LogP contribution >= 0.6 is 23.4 Å². The number of hydrogen-bond donors (Lipinski definition) is 1. The third-order valence-corrected chi connectivity index (χ3v) is 3.83. The van der Waals surface area contributed by atoms with E-state index in [-0.39, 0.29) is 22.9 Å². The molecule has 0 heterocycles. The van der Waals surface area contributed by atoms with Crippen LogP contribution in [0, 0.1) is 5.82 Å². The second-order valence-electron chi connectivity index (χ2n) is 4.16. The molecule has 0 radical (unpaired) electrons. The third kappa shape index (κ3) is 3.74. The Morgan fingerprint density at radius 1 is 1.30 bits per heavy atom. The first-order valence-corrected chi connectivity index (χ1v) is 7.57. The summed E-state index contributed by atoms with van der Waals surface area (Å²) in [5, 5.41) is 3.00. The van der Waals surface area contributed by atoms with E-state index in [2.05, 4.69) is 5.32 Å². The fourth-order valence-electron chi connectivity index (χ4n) is 1.77. The van der Waals surface area contributed by atoms with E-state index in [1.165, 1.54) is 12.1 Å². The molecular weight excluding hydrogens is 297 g/mol. The molecule has 0 aliphatic carbocycles. The van der Waals surface area contributed by atoms with Crippen molar-refractivity contribution in [1.29, 1.82) is 0 Å². The average Bonchev–Trinajstić information content (AvgIpc) is 2.43. The van der Waals surface area contributed by atoms with Gasteiger partial charge in [0.2, 0.25) is 5.91 Å². The van der Waals surface area contributed by atoms with Crippen molar-refractivity contribution in [3.8, 4) is 0 Å². The first-order chi connectivity index (χ1) is 9.60. The summed E-state index contributed by atoms with van der Waals surface area (Å²) in [6.07, 6.45) is 1.87. The van der Waals surface area contributed by atoms with Gasteiger partial charge in [-0.25, -0.2) is 4.39 Å². The molecule has 0 spiro atoms. The van der Waals surface area contributed by atoms with E-state index >= 15 is 0 Å². The highest BCUT2D eigenvalue weighted by Gasteiger charge is 2.12. The lowest BCUT2D eigenvalue weighted by atomic mass is 10.1. The molecule has 2 rings (SSSR count). The van der Waals surface area contributed by atoms with E-state index in [9.17, 15) is 9.18 Å². The van der Waals surface area contributed by atoms with E-state index < -0.39 is 5.82 Å². The summed E-state index contributed by atoms with van der Waals surface area (Å²) in [4.78, 5) is 13.0. The number of amides is 1. The Morgan fingerprint density at radius 2 is 2.05 bits per heavy atom. The minimum atomic E-state index is -0.467. The van der Waals surface area contributed by atoms with Crippen LogP contribution in [0.2, 0.25) is 5.02 Å². The number of rotatable bonds is 4. The van der Waals surface area contributed by atoms with Crippen molar-refractivity contribution in [3.63, 3.8) is 0 Å². The summed E-state index contributed by atoms with van der Waals surface area (Å²) >= 11 is 7.49. The fourth-order valence-corrected chi connectivity index (χ4v) is 2.46. The van der Waals surface area contributed by atoms with Crippen LogP contribution in [-0.4, -0.2) is 12.2 Å². The predicted molar refractivity (Wildman–Crippen MR) is 82.0 cm³/mol. The van der Waals surface area contributed by atoms with Gasteiger partial charge in [0.1, 0.15) is 5.82 Å². The Bertz CT molecular complexity index is 613. The molecule has 0 fully saturated rings. The molecule has 2 aromatic rings. The van der Waals surface area contributed by atoms with Gasteiger partial charge in [-0.3, -0.25) is 4.79 Å². The van der Waals surface area contributed by atoms with Gasteiger partial charge in [0.25, 0.3) is 0 Å². The Labute approximate surface area is 126 Å². The number of carbonyl (C=O) groups excluding carboxylic acids is 1. The molecule has 0 atom stereocenters. The van der Waals surface area contributed by atoms with Crippen molar-refractivity contribution in [2.75, 3.05) is 11.6 Å². The molecule has 0 bridgehead atoms. The van der Waals surface area contributed by atoms with Crippen molar-refractivity contribution in [2.45, 2.75) is 11.3 Å². The summed E-state index contributed by atoms with van der Waals surface area (Å²) in [6.45, 7) is 0. The molecule has 5 heteroatoms. The zero-order valence-electron chi connectivity index (χ0n) is 10.8. The molecule has 20 heavy (non-hydrogen) atoms. The summed E-state index contributed by atoms with van der Waals surface area (Å²) in [5.41, 5.74) is 0.905. The highest BCUT2D eigenvalue weighted by molar-refractivity contribution is 7.98. The Kier molecular flexibility index (Phi) is 5.04. The van der Waals surface area contributed by atoms with E-state index in [0.29, 0.717) is 5.69 Å². The highest BCUT2D eigenvalue weighted by Crippen LogP contribution is 2.21. The van der Waals surface area contributed by atoms with Crippen LogP contribution in [0.25, 0.3) is 0 Å². The standard InChI is InChI=1S/C15H13ClFNOS/c1-20-11-5-2-4-10(8-11)18-15(19)9-12-13(16)6-3-7-14(12)17/h2-8H,9H2,1H3,(H,18,19). The molecule has 0 aliphatic heterocycles. The zero-order valence-corrected chi connectivity index (χ0v) is 12.4. The molecule has 2 nitrogen and oxygen atoms in total. The number of nitrogens with one attached hydrogen (secondary N) is 1. The quantitative estimate of drug-likeness (QED) is 0.849. The predicted octanol–water partition coefficient (Wildman–Crippen LogP) is 4.38. The Balaban J connectivity index is 2.09. The number of benzene rings is 2. The van der Waals surface area contributed by atoms with Crippen LogP contribution in [0.1, 0.15) is 5.56 Å². The molecular formula is C15H13ClFNOS. The van der Waals surface area contributed by atoms with Crippen LogP contribution in [0.3, 0.4) is 0 Å². The van der Waals surface area contributed by atoms with E-state index in [1.807, 2.05) is 24.5 Å². The lowest BCUT2D eigenvalue weighted by molar-refractivity contribution is -0.115. The van der Waals surface area contributed by atoms with Crippen molar-refractivity contribution in [1.82, 2.24) is 0 Å². The van der Waals surface area contributed by atoms with Crippen molar-refractivity contribution in [2.24, 2.45) is 0 Å². The fraction of sp³-hybridized carbons (Fsp3) is 0.133. The highest BCUT2D eigenvalue weighted by atomic mass is 35.5. The lowest BCUT2D eigenvalue weighted by Crippen LogP contribution is -2.15. The van der Waals surface area contributed by atoms with Crippen molar-refractivity contribution >= 4 is 35.0 Å². The first-order valence-electron chi connectivity index (χ1n) is 5.97. The molecule has 104 valence electrons. The van der Waals surface area contributed by atoms with Crippen molar-refractivity contribution < 1.29 is 9.18 Å². The smallest absolute Gasteiger partial charge is 0.228 e. The maximum Gasteiger partial charge on any atom is 0.228 e. The summed E-state index contributed by atoms with van der Waals surface area (Å²) < 4.78 is 13.6. The summed E-state index contributed by atoms with van der Waals surface area (Å²) in [6, 6.07) is 11.9. The number of thioether (sulfide) groups is 1. The van der Waals surface area contributed by atoms with Gasteiger partial charge in [-0.2, -0.15) is 0 Å². The van der Waals surface area contributed by atoms with Gasteiger partial charge in [-0.05, 0) is 36.6 Å². The zero-order chi connectivity index (χ0) is 14.5. The van der Waals surface area contributed by atoms with Gasteiger partial charge < -0.3 is 5.32 Å². The average molecular weight is 310 g/mol. The Hall–Kier alpha value is -1.52. The number of carbonyl (C=O) groups is 1. The van der Waals surface area contributed by atoms with Gasteiger partial charge in [0.05, 0.1) is 6.42 Å². The minimum absolute atomic E-state index is 0.0883. The molecule has 2 aromatic carbocycles. The number of hydrogen-bond acceptors (Lipinski definition) is 2. The van der Waals surface area contributed by atoms with Gasteiger partial charge in [0, 0.05) is 21.2 Å². The van der Waals surface area contributed by atoms with Gasteiger partial charge in [-0.1, -0.05) is 23.7 Å². The normalized spacial score (nSPS) is 10.3. The van der Waals surface area contributed by atoms with Crippen LogP contribution in [0.4, 0.5) is 10.1 Å². The lowest BCUT2D eigenvalue weighted by Gasteiger charge is -2.08. The van der Waals surface area contributed by atoms with Crippen LogP contribution < -0.4 is 5.32 Å². The minimum Gasteiger partial charge on any atom is -0.326 e. The molecule has 0 aliphatic rings. The summed E-state index contributed by atoms with van der Waals surface area (Å²) in [7, 11) is 0. The maximum absolute atomic E-state index is 13.6. The molecule has 0 saturated carbocycles. The van der Waals surface area contributed by atoms with Crippen LogP contribution in [0.5, 0.6) is 0 Å². The maximum atomic E-state index is 13.6. The van der Waals surface area contributed by atoms with Crippen molar-refractivity contribution in [3.05, 3.63) is 58.9 Å². The number of halogens is 2. The number of anilines is 1. The molecule has 0 unspecified atom stereocenters. The Morgan fingerprint density at radius 3 is 2.75 bits per heavy atom. The molecule has 1 N–H and O–H groups in total. The van der Waals surface area contributed by atoms with Gasteiger partial charge >= 0.3 is 0 Å². The first kappa shape index (κ1) is 14.9. The topological polar surface area (TPSA) is 29.1 Å². The monoisotopic (exact) mass is 309 g/mol. The van der Waals surface area contributed by atoms with Crippen LogP contribution in [-0.2, 0) is 11.2 Å². The van der Waals surface area contributed by atoms with E-state index in [1.54, 1.807) is 23.9 Å². The van der Waals surface area contributed by atoms with Gasteiger partial charge in [-0.15, -0.1) is 11.8 Å². The third-order valence-electron chi connectivity index (χ3n) is 2.75. The molecule has 0 saturated heterocycles.